The van der Waals surface area contributed by atoms with Gasteiger partial charge in [-0.05, 0) is 50.5 Å². The van der Waals surface area contributed by atoms with Crippen LogP contribution < -0.4 is 0 Å². The van der Waals surface area contributed by atoms with Crippen LogP contribution in [0.2, 0.25) is 0 Å². The van der Waals surface area contributed by atoms with Crippen molar-refractivity contribution in [3.8, 4) is 17.1 Å². The molecule has 1 saturated heterocycles. The van der Waals surface area contributed by atoms with Gasteiger partial charge in [0.25, 0.3) is 5.91 Å². The van der Waals surface area contributed by atoms with Gasteiger partial charge in [-0.2, -0.15) is 15.0 Å². The second kappa shape index (κ2) is 8.89. The molecule has 9 nitrogen and oxygen atoms in total. The third kappa shape index (κ3) is 4.36. The summed E-state index contributed by atoms with van der Waals surface area (Å²) in [6, 6.07) is 8.60. The van der Waals surface area contributed by atoms with Crippen LogP contribution in [0.1, 0.15) is 35.2 Å². The van der Waals surface area contributed by atoms with Gasteiger partial charge in [0.05, 0.1) is 54.3 Å². The van der Waals surface area contributed by atoms with Crippen molar-refractivity contribution < 1.29 is 9.18 Å². The molecule has 1 aliphatic heterocycles. The first-order chi connectivity index (χ1) is 16.1. The van der Waals surface area contributed by atoms with Gasteiger partial charge >= 0.3 is 0 Å². The number of aryl methyl sites for hydroxylation is 1. The number of benzene rings is 1. The number of hydrogen-bond donors (Lipinski definition) is 0. The Bertz CT molecular complexity index is 1250. The van der Waals surface area contributed by atoms with E-state index in [1.807, 2.05) is 30.0 Å². The van der Waals surface area contributed by atoms with E-state index < -0.39 is 5.82 Å². The summed E-state index contributed by atoms with van der Waals surface area (Å²) in [7, 11) is 0. The number of amides is 1. The Morgan fingerprint density at radius 3 is 2.76 bits per heavy atom. The van der Waals surface area contributed by atoms with E-state index in [0.29, 0.717) is 35.7 Å². The molecule has 0 aliphatic carbocycles. The van der Waals surface area contributed by atoms with Gasteiger partial charge in [-0.1, -0.05) is 16.8 Å². The first-order valence-electron chi connectivity index (χ1n) is 10.9. The predicted octanol–water partition coefficient (Wildman–Crippen LogP) is 3.06. The lowest BCUT2D eigenvalue weighted by Crippen LogP contribution is -2.46. The molecule has 1 fully saturated rings. The molecule has 4 heterocycles. The molecule has 168 valence electrons. The highest BCUT2D eigenvalue weighted by molar-refractivity contribution is 5.98. The molecule has 0 unspecified atom stereocenters. The minimum absolute atomic E-state index is 0.0269. The maximum absolute atomic E-state index is 13.7. The zero-order chi connectivity index (χ0) is 22.8. The highest BCUT2D eigenvalue weighted by Gasteiger charge is 2.30. The number of aromatic nitrogens is 7. The Morgan fingerprint density at radius 2 is 1.97 bits per heavy atom. The van der Waals surface area contributed by atoms with E-state index in [0.717, 1.165) is 31.0 Å². The van der Waals surface area contributed by atoms with Crippen LogP contribution in [0.3, 0.4) is 0 Å². The summed E-state index contributed by atoms with van der Waals surface area (Å²) < 4.78 is 14.9. The minimum Gasteiger partial charge on any atom is -0.334 e. The molecule has 10 heteroatoms. The van der Waals surface area contributed by atoms with Gasteiger partial charge in [-0.3, -0.25) is 9.78 Å². The second-order valence-corrected chi connectivity index (χ2v) is 8.17. The summed E-state index contributed by atoms with van der Waals surface area (Å²) in [6.45, 7) is 3.15. The normalized spacial score (nSPS) is 16.2. The van der Waals surface area contributed by atoms with Gasteiger partial charge in [0.15, 0.2) is 0 Å². The molecule has 0 radical (unpaired) electrons. The zero-order valence-electron chi connectivity index (χ0n) is 18.2. The van der Waals surface area contributed by atoms with Crippen molar-refractivity contribution in [2.24, 2.45) is 0 Å². The Balaban J connectivity index is 1.39. The minimum atomic E-state index is -0.400. The van der Waals surface area contributed by atoms with Crippen LogP contribution >= 0.6 is 0 Å². The molecule has 3 aromatic heterocycles. The number of rotatable bonds is 5. The number of hydrogen-bond acceptors (Lipinski definition) is 6. The SMILES string of the molecule is Cc1ccc(-n2nccn2)c(C(=O)N2CCCC[C@H]2Cn2cc(-c3ccc(F)cn3)nn2)c1. The largest absolute Gasteiger partial charge is 0.334 e. The van der Waals surface area contributed by atoms with Crippen LogP contribution in [0, 0.1) is 12.7 Å². The molecule has 4 aromatic rings. The van der Waals surface area contributed by atoms with Crippen molar-refractivity contribution in [1.82, 2.24) is 39.9 Å². The smallest absolute Gasteiger partial charge is 0.256 e. The topological polar surface area (TPSA) is 94.6 Å². The van der Waals surface area contributed by atoms with Crippen molar-refractivity contribution in [3.63, 3.8) is 0 Å². The van der Waals surface area contributed by atoms with Crippen molar-refractivity contribution in [2.45, 2.75) is 38.8 Å². The molecule has 0 N–H and O–H groups in total. The lowest BCUT2D eigenvalue weighted by atomic mass is 9.99. The molecule has 5 rings (SSSR count). The van der Waals surface area contributed by atoms with E-state index >= 15 is 0 Å². The molecule has 1 aromatic carbocycles. The molecule has 0 bridgehead atoms. The third-order valence-corrected chi connectivity index (χ3v) is 5.83. The molecule has 0 saturated carbocycles. The van der Waals surface area contributed by atoms with Crippen molar-refractivity contribution in [2.75, 3.05) is 6.54 Å². The fraction of sp³-hybridized carbons (Fsp3) is 0.304. The monoisotopic (exact) mass is 446 g/mol. The molecular formula is C23H23FN8O. The summed E-state index contributed by atoms with van der Waals surface area (Å²) in [4.78, 5) is 21.2. The average Bonchev–Trinajstić information content (AvgIpc) is 3.52. The van der Waals surface area contributed by atoms with E-state index in [4.69, 9.17) is 0 Å². The number of carbonyl (C=O) groups excluding carboxylic acids is 1. The van der Waals surface area contributed by atoms with E-state index in [9.17, 15) is 9.18 Å². The molecule has 33 heavy (non-hydrogen) atoms. The number of carbonyl (C=O) groups is 1. The number of nitrogens with zero attached hydrogens (tertiary/aromatic N) is 8. The Morgan fingerprint density at radius 1 is 1.12 bits per heavy atom. The third-order valence-electron chi connectivity index (χ3n) is 5.83. The van der Waals surface area contributed by atoms with Gasteiger partial charge in [0.1, 0.15) is 11.5 Å². The van der Waals surface area contributed by atoms with Gasteiger partial charge in [-0.15, -0.1) is 5.10 Å². The summed E-state index contributed by atoms with van der Waals surface area (Å²) in [5.41, 5.74) is 3.35. The summed E-state index contributed by atoms with van der Waals surface area (Å²) in [6.07, 6.45) is 8.98. The highest BCUT2D eigenvalue weighted by Crippen LogP contribution is 2.25. The number of likely N-dealkylation sites (tertiary alicyclic amines) is 1. The van der Waals surface area contributed by atoms with Gasteiger partial charge in [0.2, 0.25) is 0 Å². The van der Waals surface area contributed by atoms with Crippen LogP contribution in [-0.4, -0.2) is 58.4 Å². The first kappa shape index (κ1) is 20.9. The Hall–Kier alpha value is -3.95. The summed E-state index contributed by atoms with van der Waals surface area (Å²) in [5.74, 6) is -0.445. The Labute approximate surface area is 189 Å². The number of piperidine rings is 1. The van der Waals surface area contributed by atoms with Crippen LogP contribution in [0.4, 0.5) is 4.39 Å². The number of pyridine rings is 1. The number of halogens is 1. The van der Waals surface area contributed by atoms with Gasteiger partial charge < -0.3 is 4.90 Å². The predicted molar refractivity (Wildman–Crippen MR) is 118 cm³/mol. The van der Waals surface area contributed by atoms with E-state index in [1.165, 1.54) is 10.9 Å². The molecular weight excluding hydrogens is 423 g/mol. The standard InChI is InChI=1S/C23H23FN8O/c1-16-5-8-22(32-26-9-10-27-32)19(12-16)23(33)31-11-3-2-4-18(31)14-30-15-21(28-29-30)20-7-6-17(24)13-25-20/h5-10,12-13,15,18H,2-4,11,14H2,1H3/t18-/m0/s1. The van der Waals surface area contributed by atoms with Crippen LogP contribution in [-0.2, 0) is 6.54 Å². The summed E-state index contributed by atoms with van der Waals surface area (Å²) in [5, 5.41) is 16.8. The van der Waals surface area contributed by atoms with Crippen LogP contribution in [0.15, 0.2) is 55.1 Å². The quantitative estimate of drug-likeness (QED) is 0.468. The molecule has 0 spiro atoms. The fourth-order valence-corrected chi connectivity index (χ4v) is 4.20. The maximum Gasteiger partial charge on any atom is 0.256 e. The lowest BCUT2D eigenvalue weighted by Gasteiger charge is -2.36. The fourth-order valence-electron chi connectivity index (χ4n) is 4.20. The van der Waals surface area contributed by atoms with Gasteiger partial charge in [-0.25, -0.2) is 9.07 Å². The van der Waals surface area contributed by atoms with E-state index in [2.05, 4.69) is 25.5 Å². The van der Waals surface area contributed by atoms with Gasteiger partial charge in [0, 0.05) is 6.54 Å². The zero-order valence-corrected chi connectivity index (χ0v) is 18.2. The van der Waals surface area contributed by atoms with E-state index in [1.54, 1.807) is 29.3 Å². The highest BCUT2D eigenvalue weighted by atomic mass is 19.1. The molecule has 1 aliphatic rings. The van der Waals surface area contributed by atoms with Crippen molar-refractivity contribution >= 4 is 5.91 Å². The Kier molecular flexibility index (Phi) is 5.64. The first-order valence-corrected chi connectivity index (χ1v) is 10.9. The van der Waals surface area contributed by atoms with Crippen molar-refractivity contribution in [1.29, 1.82) is 0 Å². The maximum atomic E-state index is 13.7. The van der Waals surface area contributed by atoms with Crippen LogP contribution in [0.25, 0.3) is 17.1 Å². The lowest BCUT2D eigenvalue weighted by molar-refractivity contribution is 0.0582. The average molecular weight is 446 g/mol. The summed E-state index contributed by atoms with van der Waals surface area (Å²) >= 11 is 0. The van der Waals surface area contributed by atoms with Crippen molar-refractivity contribution in [3.05, 3.63) is 72.1 Å². The molecule has 1 amide bonds. The second-order valence-electron chi connectivity index (χ2n) is 8.17. The van der Waals surface area contributed by atoms with E-state index in [-0.39, 0.29) is 11.9 Å². The molecule has 1 atom stereocenters. The van der Waals surface area contributed by atoms with Crippen LogP contribution in [0.5, 0.6) is 0 Å².